The van der Waals surface area contributed by atoms with Crippen LogP contribution in [0.3, 0.4) is 0 Å². The van der Waals surface area contributed by atoms with Gasteiger partial charge in [-0.15, -0.1) is 0 Å². The van der Waals surface area contributed by atoms with Gasteiger partial charge in [-0.2, -0.15) is 0 Å². The van der Waals surface area contributed by atoms with Gasteiger partial charge in [-0.3, -0.25) is 9.69 Å². The molecule has 5 nitrogen and oxygen atoms in total. The maximum Gasteiger partial charge on any atom is 0.321 e. The number of amides is 2. The number of benzene rings is 1. The third kappa shape index (κ3) is 5.36. The second-order valence-corrected chi connectivity index (χ2v) is 6.10. The molecule has 0 spiro atoms. The van der Waals surface area contributed by atoms with E-state index in [1.165, 1.54) is 26.2 Å². The Labute approximate surface area is 138 Å². The first-order valence-electron chi connectivity index (χ1n) is 8.49. The molecule has 0 atom stereocenters. The van der Waals surface area contributed by atoms with Crippen molar-refractivity contribution in [1.82, 2.24) is 9.80 Å². The number of carbonyl (C=O) groups excluding carboxylic acids is 2. The lowest BCUT2D eigenvalue weighted by Gasteiger charge is -2.34. The molecule has 1 N–H and O–H groups in total. The van der Waals surface area contributed by atoms with Crippen LogP contribution < -0.4 is 5.32 Å². The molecule has 1 saturated heterocycles. The maximum atomic E-state index is 12.3. The number of Topliss-reactive ketones (excluding diaryl/α,β-unsaturated/α-hetero) is 1. The van der Waals surface area contributed by atoms with Crippen LogP contribution in [0, 0.1) is 0 Å². The SMILES string of the molecule is CCCCCN1CCN(C(=O)Nc2cccc(C(C)=O)c2)CC1. The summed E-state index contributed by atoms with van der Waals surface area (Å²) in [5.74, 6) is 0.00166. The number of nitrogens with zero attached hydrogens (tertiary/aromatic N) is 2. The van der Waals surface area contributed by atoms with Gasteiger partial charge in [0.25, 0.3) is 0 Å². The molecule has 2 rings (SSSR count). The first-order chi connectivity index (χ1) is 11.1. The fourth-order valence-electron chi connectivity index (χ4n) is 2.78. The van der Waals surface area contributed by atoms with Crippen LogP contribution in [-0.2, 0) is 0 Å². The third-order valence-electron chi connectivity index (χ3n) is 4.26. The molecule has 1 aliphatic heterocycles. The summed E-state index contributed by atoms with van der Waals surface area (Å²) in [5, 5.41) is 2.89. The van der Waals surface area contributed by atoms with Crippen LogP contribution in [0.15, 0.2) is 24.3 Å². The molecule has 23 heavy (non-hydrogen) atoms. The molecule has 126 valence electrons. The van der Waals surface area contributed by atoms with Crippen molar-refractivity contribution < 1.29 is 9.59 Å². The molecule has 2 amide bonds. The molecule has 0 aliphatic carbocycles. The Bertz CT molecular complexity index is 537. The lowest BCUT2D eigenvalue weighted by atomic mass is 10.1. The topological polar surface area (TPSA) is 52.6 Å². The van der Waals surface area contributed by atoms with E-state index in [9.17, 15) is 9.59 Å². The smallest absolute Gasteiger partial charge is 0.321 e. The van der Waals surface area contributed by atoms with Crippen LogP contribution in [0.5, 0.6) is 0 Å². The highest BCUT2D eigenvalue weighted by Gasteiger charge is 2.20. The maximum absolute atomic E-state index is 12.3. The van der Waals surface area contributed by atoms with Crippen molar-refractivity contribution >= 4 is 17.5 Å². The monoisotopic (exact) mass is 317 g/mol. The largest absolute Gasteiger partial charge is 0.322 e. The van der Waals surface area contributed by atoms with Crippen LogP contribution >= 0.6 is 0 Å². The minimum Gasteiger partial charge on any atom is -0.322 e. The highest BCUT2D eigenvalue weighted by Crippen LogP contribution is 2.13. The molecule has 0 unspecified atom stereocenters. The molecule has 0 aromatic heterocycles. The number of hydrogen-bond donors (Lipinski definition) is 1. The molecule has 1 heterocycles. The Balaban J connectivity index is 1.81. The zero-order valence-corrected chi connectivity index (χ0v) is 14.2. The van der Waals surface area contributed by atoms with Gasteiger partial charge in [0, 0.05) is 37.4 Å². The Morgan fingerprint density at radius 3 is 2.52 bits per heavy atom. The summed E-state index contributed by atoms with van der Waals surface area (Å²) in [6, 6.07) is 7.00. The Morgan fingerprint density at radius 1 is 1.13 bits per heavy atom. The van der Waals surface area contributed by atoms with Crippen molar-refractivity contribution in [3.8, 4) is 0 Å². The summed E-state index contributed by atoms with van der Waals surface area (Å²) in [7, 11) is 0. The molecule has 1 aromatic carbocycles. The number of urea groups is 1. The highest BCUT2D eigenvalue weighted by molar-refractivity contribution is 5.96. The zero-order valence-electron chi connectivity index (χ0n) is 14.2. The lowest BCUT2D eigenvalue weighted by Crippen LogP contribution is -2.50. The molecular formula is C18H27N3O2. The van der Waals surface area contributed by atoms with Crippen molar-refractivity contribution in [1.29, 1.82) is 0 Å². The summed E-state index contributed by atoms with van der Waals surface area (Å²) in [6.45, 7) is 8.25. The number of carbonyl (C=O) groups is 2. The van der Waals surface area contributed by atoms with E-state index in [1.807, 2.05) is 11.0 Å². The van der Waals surface area contributed by atoms with Crippen LogP contribution in [0.2, 0.25) is 0 Å². The fourth-order valence-corrected chi connectivity index (χ4v) is 2.78. The van der Waals surface area contributed by atoms with Crippen LogP contribution in [-0.4, -0.2) is 54.3 Å². The first-order valence-corrected chi connectivity index (χ1v) is 8.49. The number of anilines is 1. The van der Waals surface area contributed by atoms with Gasteiger partial charge in [-0.25, -0.2) is 4.79 Å². The van der Waals surface area contributed by atoms with E-state index in [0.717, 1.165) is 32.7 Å². The predicted molar refractivity (Wildman–Crippen MR) is 93.0 cm³/mol. The minimum absolute atomic E-state index is 0.00166. The van der Waals surface area contributed by atoms with E-state index in [1.54, 1.807) is 18.2 Å². The van der Waals surface area contributed by atoms with Gasteiger partial charge in [-0.05, 0) is 32.0 Å². The van der Waals surface area contributed by atoms with E-state index in [4.69, 9.17) is 0 Å². The molecule has 0 radical (unpaired) electrons. The second-order valence-electron chi connectivity index (χ2n) is 6.10. The standard InChI is InChI=1S/C18H27N3O2/c1-3-4-5-9-20-10-12-21(13-11-20)18(23)19-17-8-6-7-16(14-17)15(2)22/h6-8,14H,3-5,9-13H2,1-2H3,(H,19,23). The third-order valence-corrected chi connectivity index (χ3v) is 4.26. The van der Waals surface area contributed by atoms with Gasteiger partial charge in [0.15, 0.2) is 5.78 Å². The van der Waals surface area contributed by atoms with Crippen molar-refractivity contribution in [3.05, 3.63) is 29.8 Å². The average molecular weight is 317 g/mol. The summed E-state index contributed by atoms with van der Waals surface area (Å²) in [6.07, 6.45) is 3.75. The highest BCUT2D eigenvalue weighted by atomic mass is 16.2. The molecule has 1 aromatic rings. The van der Waals surface area contributed by atoms with Gasteiger partial charge >= 0.3 is 6.03 Å². The van der Waals surface area contributed by atoms with Gasteiger partial charge in [-0.1, -0.05) is 31.9 Å². The molecular weight excluding hydrogens is 290 g/mol. The number of rotatable bonds is 6. The summed E-state index contributed by atoms with van der Waals surface area (Å²) >= 11 is 0. The molecule has 0 saturated carbocycles. The Morgan fingerprint density at radius 2 is 1.87 bits per heavy atom. The summed E-state index contributed by atoms with van der Waals surface area (Å²) in [4.78, 5) is 28.0. The number of piperazine rings is 1. The van der Waals surface area contributed by atoms with Gasteiger partial charge in [0.1, 0.15) is 0 Å². The Hall–Kier alpha value is -1.88. The molecule has 1 fully saturated rings. The molecule has 1 aliphatic rings. The predicted octanol–water partition coefficient (Wildman–Crippen LogP) is 3.23. The van der Waals surface area contributed by atoms with Gasteiger partial charge < -0.3 is 10.2 Å². The van der Waals surface area contributed by atoms with E-state index in [2.05, 4.69) is 17.1 Å². The molecule has 5 heteroatoms. The molecule has 0 bridgehead atoms. The second kappa shape index (κ2) is 8.67. The van der Waals surface area contributed by atoms with Crippen LogP contribution in [0.25, 0.3) is 0 Å². The van der Waals surface area contributed by atoms with E-state index < -0.39 is 0 Å². The first kappa shape index (κ1) is 17.5. The normalized spacial score (nSPS) is 15.5. The van der Waals surface area contributed by atoms with Gasteiger partial charge in [0.05, 0.1) is 0 Å². The number of unbranched alkanes of at least 4 members (excludes halogenated alkanes) is 2. The fraction of sp³-hybridized carbons (Fsp3) is 0.556. The van der Waals surface area contributed by atoms with Crippen LogP contribution in [0.4, 0.5) is 10.5 Å². The van der Waals surface area contributed by atoms with E-state index in [-0.39, 0.29) is 11.8 Å². The number of ketones is 1. The van der Waals surface area contributed by atoms with Crippen molar-refractivity contribution in [2.75, 3.05) is 38.0 Å². The van der Waals surface area contributed by atoms with Crippen LogP contribution in [0.1, 0.15) is 43.5 Å². The van der Waals surface area contributed by atoms with E-state index in [0.29, 0.717) is 11.3 Å². The Kier molecular flexibility index (Phi) is 6.59. The van der Waals surface area contributed by atoms with Crippen molar-refractivity contribution in [2.45, 2.75) is 33.1 Å². The summed E-state index contributed by atoms with van der Waals surface area (Å²) in [5.41, 5.74) is 1.29. The number of hydrogen-bond acceptors (Lipinski definition) is 3. The quantitative estimate of drug-likeness (QED) is 0.647. The van der Waals surface area contributed by atoms with Crippen molar-refractivity contribution in [2.24, 2.45) is 0 Å². The summed E-state index contributed by atoms with van der Waals surface area (Å²) < 4.78 is 0. The minimum atomic E-state index is -0.0843. The van der Waals surface area contributed by atoms with E-state index >= 15 is 0 Å². The lowest BCUT2D eigenvalue weighted by molar-refractivity contribution is 0.101. The zero-order chi connectivity index (χ0) is 16.7. The van der Waals surface area contributed by atoms with Gasteiger partial charge in [0.2, 0.25) is 0 Å². The average Bonchev–Trinajstić information content (AvgIpc) is 2.56. The number of nitrogens with one attached hydrogen (secondary N) is 1. The van der Waals surface area contributed by atoms with Crippen molar-refractivity contribution in [3.63, 3.8) is 0 Å².